The number of aryl methyl sites for hydroxylation is 1. The van der Waals surface area contributed by atoms with E-state index in [0.29, 0.717) is 19.4 Å². The second-order valence-electron chi connectivity index (χ2n) is 14.7. The van der Waals surface area contributed by atoms with E-state index in [1.54, 1.807) is 12.1 Å². The number of unbranched alkanes of at least 4 members (excludes halogenated alkanes) is 9. The van der Waals surface area contributed by atoms with Gasteiger partial charge in [0, 0.05) is 5.56 Å². The maximum atomic E-state index is 13.7. The number of hydrogen-bond acceptors (Lipinski definition) is 6. The molecule has 2 aromatic rings. The second-order valence-corrected chi connectivity index (χ2v) is 21.0. The van der Waals surface area contributed by atoms with Crippen LogP contribution in [0.15, 0.2) is 59.5 Å². The van der Waals surface area contributed by atoms with E-state index < -0.39 is 30.8 Å². The fourth-order valence-electron chi connectivity index (χ4n) is 5.66. The fourth-order valence-corrected chi connectivity index (χ4v) is 8.17. The largest absolute Gasteiger partial charge is 0.411 e. The average Bonchev–Trinajstić information content (AvgIpc) is 3.49. The normalized spacial score (nSPS) is 18.9. The molecule has 260 valence electrons. The SMILES string of the molecule is CCCCCCCCCCCC[C@@H](O[Si](C)(C)C(C)(C)C)[C@@H](CC[C@H]1CO[C@H](c2ccccc2)O1)OS(=O)(=O)c1ccc(C)cc1. The molecule has 0 unspecified atom stereocenters. The summed E-state index contributed by atoms with van der Waals surface area (Å²) in [6.07, 6.45) is 12.8. The van der Waals surface area contributed by atoms with Crippen molar-refractivity contribution in [1.29, 1.82) is 0 Å². The predicted molar refractivity (Wildman–Crippen MR) is 191 cm³/mol. The highest BCUT2D eigenvalue weighted by Gasteiger charge is 2.42. The molecule has 0 aliphatic carbocycles. The van der Waals surface area contributed by atoms with Crippen molar-refractivity contribution in [3.63, 3.8) is 0 Å². The Labute approximate surface area is 282 Å². The van der Waals surface area contributed by atoms with E-state index in [1.165, 1.54) is 51.4 Å². The van der Waals surface area contributed by atoms with Gasteiger partial charge in [-0.3, -0.25) is 4.18 Å². The predicted octanol–water partition coefficient (Wildman–Crippen LogP) is 10.7. The van der Waals surface area contributed by atoms with Crippen LogP contribution in [0.3, 0.4) is 0 Å². The highest BCUT2D eigenvalue weighted by molar-refractivity contribution is 7.86. The molecule has 0 bridgehead atoms. The van der Waals surface area contributed by atoms with Gasteiger partial charge in [0.1, 0.15) is 6.10 Å². The zero-order chi connectivity index (χ0) is 33.6. The van der Waals surface area contributed by atoms with Crippen molar-refractivity contribution in [2.24, 2.45) is 0 Å². The van der Waals surface area contributed by atoms with Crippen molar-refractivity contribution in [2.45, 2.75) is 166 Å². The molecule has 1 heterocycles. The van der Waals surface area contributed by atoms with Crippen molar-refractivity contribution < 1.29 is 26.5 Å². The van der Waals surface area contributed by atoms with E-state index in [0.717, 1.165) is 30.4 Å². The summed E-state index contributed by atoms with van der Waals surface area (Å²) in [7, 11) is -6.24. The number of ether oxygens (including phenoxy) is 2. The molecule has 1 aliphatic rings. The van der Waals surface area contributed by atoms with Gasteiger partial charge in [-0.05, 0) is 56.5 Å². The van der Waals surface area contributed by atoms with Gasteiger partial charge in [0.2, 0.25) is 0 Å². The Morgan fingerprint density at radius 3 is 2.00 bits per heavy atom. The Balaban J connectivity index is 1.73. The molecule has 6 nitrogen and oxygen atoms in total. The summed E-state index contributed by atoms with van der Waals surface area (Å²) in [5, 5.41) is -0.0191. The average molecular weight is 675 g/mol. The summed E-state index contributed by atoms with van der Waals surface area (Å²) in [6.45, 7) is 15.8. The molecule has 0 aromatic heterocycles. The van der Waals surface area contributed by atoms with E-state index in [1.807, 2.05) is 49.4 Å². The first-order chi connectivity index (χ1) is 21.8. The fraction of sp³-hybridized carbons (Fsp3) is 0.684. The minimum absolute atomic E-state index is 0.0191. The van der Waals surface area contributed by atoms with Crippen molar-refractivity contribution in [1.82, 2.24) is 0 Å². The van der Waals surface area contributed by atoms with Crippen molar-refractivity contribution in [3.05, 3.63) is 65.7 Å². The van der Waals surface area contributed by atoms with Gasteiger partial charge in [0.25, 0.3) is 10.1 Å². The van der Waals surface area contributed by atoms with E-state index >= 15 is 0 Å². The van der Waals surface area contributed by atoms with Crippen LogP contribution in [0.4, 0.5) is 0 Å². The number of hydrogen-bond donors (Lipinski definition) is 0. The summed E-state index contributed by atoms with van der Waals surface area (Å²) in [4.78, 5) is 0.178. The van der Waals surface area contributed by atoms with Gasteiger partial charge in [-0.1, -0.05) is 140 Å². The summed E-state index contributed by atoms with van der Waals surface area (Å²) in [6, 6.07) is 16.8. The lowest BCUT2D eigenvalue weighted by Crippen LogP contribution is -2.48. The van der Waals surface area contributed by atoms with E-state index in [2.05, 4.69) is 40.8 Å². The van der Waals surface area contributed by atoms with Crippen molar-refractivity contribution >= 4 is 18.4 Å². The molecule has 0 radical (unpaired) electrons. The molecule has 1 aliphatic heterocycles. The van der Waals surface area contributed by atoms with Gasteiger partial charge in [-0.25, -0.2) is 0 Å². The smallest absolute Gasteiger partial charge is 0.297 e. The number of benzene rings is 2. The molecular weight excluding hydrogens is 613 g/mol. The Morgan fingerprint density at radius 1 is 0.826 bits per heavy atom. The molecule has 1 fully saturated rings. The van der Waals surface area contributed by atoms with Crippen LogP contribution in [0.2, 0.25) is 18.1 Å². The highest BCUT2D eigenvalue weighted by Crippen LogP contribution is 2.39. The van der Waals surface area contributed by atoms with Crippen LogP contribution in [-0.4, -0.2) is 41.7 Å². The first kappa shape index (κ1) is 38.9. The van der Waals surface area contributed by atoms with Gasteiger partial charge in [-0.2, -0.15) is 8.42 Å². The second kappa shape index (κ2) is 18.8. The first-order valence-corrected chi connectivity index (χ1v) is 22.1. The van der Waals surface area contributed by atoms with E-state index in [4.69, 9.17) is 18.1 Å². The van der Waals surface area contributed by atoms with Gasteiger partial charge in [-0.15, -0.1) is 0 Å². The maximum absolute atomic E-state index is 13.7. The summed E-state index contributed by atoms with van der Waals surface area (Å²) >= 11 is 0. The van der Waals surface area contributed by atoms with E-state index in [-0.39, 0.29) is 22.1 Å². The van der Waals surface area contributed by atoms with Crippen LogP contribution < -0.4 is 0 Å². The molecule has 3 rings (SSSR count). The molecule has 0 spiro atoms. The molecule has 0 N–H and O–H groups in total. The molecule has 0 saturated carbocycles. The maximum Gasteiger partial charge on any atom is 0.297 e. The Bertz CT molecular complexity index is 1230. The lowest BCUT2D eigenvalue weighted by Gasteiger charge is -2.41. The Morgan fingerprint density at radius 2 is 1.41 bits per heavy atom. The quantitative estimate of drug-likeness (QED) is 0.0745. The molecule has 4 atom stereocenters. The van der Waals surface area contributed by atoms with Crippen LogP contribution in [0, 0.1) is 6.92 Å². The van der Waals surface area contributed by atoms with Gasteiger partial charge in [0.15, 0.2) is 14.6 Å². The topological polar surface area (TPSA) is 71.1 Å². The third-order valence-electron chi connectivity index (χ3n) is 9.66. The number of rotatable bonds is 21. The monoisotopic (exact) mass is 674 g/mol. The van der Waals surface area contributed by atoms with Crippen LogP contribution in [-0.2, 0) is 28.2 Å². The summed E-state index contributed by atoms with van der Waals surface area (Å²) in [5.41, 5.74) is 1.99. The lowest BCUT2D eigenvalue weighted by atomic mass is 10.00. The molecule has 8 heteroatoms. The zero-order valence-corrected chi connectivity index (χ0v) is 31.6. The molecule has 1 saturated heterocycles. The lowest BCUT2D eigenvalue weighted by molar-refractivity contribution is -0.0636. The van der Waals surface area contributed by atoms with Crippen molar-refractivity contribution in [3.8, 4) is 0 Å². The summed E-state index contributed by atoms with van der Waals surface area (Å²) in [5.74, 6) is 0. The van der Waals surface area contributed by atoms with Gasteiger partial charge < -0.3 is 13.9 Å². The van der Waals surface area contributed by atoms with Crippen LogP contribution in [0.1, 0.15) is 129 Å². The Hall–Kier alpha value is -1.55. The molecule has 0 amide bonds. The molecule has 2 aromatic carbocycles. The Kier molecular flexibility index (Phi) is 15.9. The van der Waals surface area contributed by atoms with Gasteiger partial charge >= 0.3 is 0 Å². The van der Waals surface area contributed by atoms with Crippen LogP contribution in [0.5, 0.6) is 0 Å². The molecule has 46 heavy (non-hydrogen) atoms. The highest BCUT2D eigenvalue weighted by atomic mass is 32.2. The van der Waals surface area contributed by atoms with Crippen molar-refractivity contribution in [2.75, 3.05) is 6.61 Å². The van der Waals surface area contributed by atoms with E-state index in [9.17, 15) is 8.42 Å². The minimum atomic E-state index is -4.00. The third kappa shape index (κ3) is 12.8. The minimum Gasteiger partial charge on any atom is -0.411 e. The van der Waals surface area contributed by atoms with Gasteiger partial charge in [0.05, 0.1) is 23.7 Å². The standard InChI is InChI=1S/C38H62O6SSi/c1-8-9-10-11-12-13-14-15-16-20-23-36(44-46(6,7)38(3,4)5)35(43-45(39,40)34-27-24-31(2)25-28-34)29-26-33-30-41-37(42-33)32-21-18-17-19-22-32/h17-19,21-22,24-25,27-28,33,35-37H,8-16,20,23,26,29-30H2,1-7H3/t33-,35+,36+,37-/m0/s1. The zero-order valence-electron chi connectivity index (χ0n) is 29.8. The summed E-state index contributed by atoms with van der Waals surface area (Å²) < 4.78 is 52.8. The first-order valence-electron chi connectivity index (χ1n) is 17.8. The van der Waals surface area contributed by atoms with Crippen LogP contribution in [0.25, 0.3) is 0 Å². The third-order valence-corrected chi connectivity index (χ3v) is 15.5. The van der Waals surface area contributed by atoms with Crippen LogP contribution >= 0.6 is 0 Å². The molecular formula is C38H62O6SSi.